The minimum absolute atomic E-state index is 0.0545. The van der Waals surface area contributed by atoms with Crippen molar-refractivity contribution in [3.63, 3.8) is 0 Å². The van der Waals surface area contributed by atoms with Gasteiger partial charge >= 0.3 is 11.9 Å². The largest absolute Gasteiger partial charge is 0.480 e. The van der Waals surface area contributed by atoms with Crippen molar-refractivity contribution >= 4 is 28.6 Å². The van der Waals surface area contributed by atoms with Crippen molar-refractivity contribution < 1.29 is 24.6 Å². The minimum Gasteiger partial charge on any atom is -0.480 e. The van der Waals surface area contributed by atoms with Crippen LogP contribution in [0, 0.1) is 11.8 Å². The van der Waals surface area contributed by atoms with E-state index in [2.05, 4.69) is 11.8 Å². The quantitative estimate of drug-likeness (QED) is 0.383. The van der Waals surface area contributed by atoms with Gasteiger partial charge in [0, 0.05) is 17.9 Å². The first-order chi connectivity index (χ1) is 17.4. The van der Waals surface area contributed by atoms with Crippen molar-refractivity contribution in [1.29, 1.82) is 0 Å². The monoisotopic (exact) mass is 477 g/mol. The molecule has 0 radical (unpaired) electrons. The average Bonchev–Trinajstić information content (AvgIpc) is 2.89. The number of hydrogen-bond acceptors (Lipinski definition) is 3. The van der Waals surface area contributed by atoms with E-state index in [1.54, 1.807) is 18.2 Å². The van der Waals surface area contributed by atoms with Crippen molar-refractivity contribution in [1.82, 2.24) is 4.90 Å². The second-order valence-corrected chi connectivity index (χ2v) is 8.26. The summed E-state index contributed by atoms with van der Waals surface area (Å²) < 4.78 is 0. The number of rotatable bonds is 7. The predicted molar refractivity (Wildman–Crippen MR) is 137 cm³/mol. The Labute approximate surface area is 208 Å². The van der Waals surface area contributed by atoms with Crippen molar-refractivity contribution in [3.05, 3.63) is 108 Å². The summed E-state index contributed by atoms with van der Waals surface area (Å²) >= 11 is 0. The van der Waals surface area contributed by atoms with Gasteiger partial charge in [0.25, 0.3) is 5.91 Å². The first-order valence-electron chi connectivity index (χ1n) is 11.3. The zero-order valence-corrected chi connectivity index (χ0v) is 19.3. The summed E-state index contributed by atoms with van der Waals surface area (Å²) in [6, 6.07) is 28.8. The van der Waals surface area contributed by atoms with E-state index in [1.807, 2.05) is 78.9 Å². The zero-order valence-electron chi connectivity index (χ0n) is 19.3. The molecule has 0 saturated heterocycles. The lowest BCUT2D eigenvalue weighted by Gasteiger charge is -2.25. The van der Waals surface area contributed by atoms with E-state index < -0.39 is 30.4 Å². The summed E-state index contributed by atoms with van der Waals surface area (Å²) in [5.74, 6) is 1.70. The van der Waals surface area contributed by atoms with Gasteiger partial charge in [0.05, 0.1) is 0 Å². The third kappa shape index (κ3) is 5.96. The molecule has 1 atom stereocenters. The number of hydrogen-bond donors (Lipinski definition) is 2. The molecule has 0 aromatic heterocycles. The Morgan fingerprint density at radius 1 is 0.750 bits per heavy atom. The van der Waals surface area contributed by atoms with E-state index >= 15 is 0 Å². The van der Waals surface area contributed by atoms with Crippen LogP contribution in [0.4, 0.5) is 0 Å². The van der Waals surface area contributed by atoms with Crippen LogP contribution in [-0.4, -0.2) is 45.5 Å². The Hall–Kier alpha value is -4.89. The summed E-state index contributed by atoms with van der Waals surface area (Å²) in [6.07, 6.45) is -0.0545. The molecular formula is C30H23NO5. The van der Waals surface area contributed by atoms with Crippen LogP contribution in [0.3, 0.4) is 0 Å². The van der Waals surface area contributed by atoms with Crippen molar-refractivity contribution in [2.24, 2.45) is 0 Å². The number of nitrogens with zero attached hydrogens (tertiary/aromatic N) is 1. The van der Waals surface area contributed by atoms with Crippen LogP contribution in [0.1, 0.15) is 11.1 Å². The van der Waals surface area contributed by atoms with Crippen LogP contribution in [0.5, 0.6) is 0 Å². The van der Waals surface area contributed by atoms with E-state index in [0.717, 1.165) is 26.8 Å². The number of carboxylic acid groups (broad SMARTS) is 2. The van der Waals surface area contributed by atoms with Gasteiger partial charge < -0.3 is 15.1 Å². The van der Waals surface area contributed by atoms with Crippen LogP contribution < -0.4 is 0 Å². The van der Waals surface area contributed by atoms with Crippen LogP contribution >= 0.6 is 0 Å². The summed E-state index contributed by atoms with van der Waals surface area (Å²) in [5, 5.41) is 21.2. The Morgan fingerprint density at radius 2 is 1.39 bits per heavy atom. The van der Waals surface area contributed by atoms with Gasteiger partial charge in [0.1, 0.15) is 12.6 Å². The van der Waals surface area contributed by atoms with Crippen LogP contribution in [0.2, 0.25) is 0 Å². The first-order valence-corrected chi connectivity index (χ1v) is 11.3. The number of carboxylic acids is 2. The number of carbonyl (C=O) groups excluding carboxylic acids is 1. The molecule has 4 aromatic rings. The normalized spacial score (nSPS) is 11.2. The van der Waals surface area contributed by atoms with Crippen molar-refractivity contribution in [2.75, 3.05) is 6.54 Å². The van der Waals surface area contributed by atoms with Gasteiger partial charge in [0.15, 0.2) is 0 Å². The Balaban J connectivity index is 1.56. The molecule has 0 aliphatic rings. The molecule has 6 heteroatoms. The molecule has 1 amide bonds. The minimum atomic E-state index is -1.39. The lowest BCUT2D eigenvalue weighted by atomic mass is 10.00. The Kier molecular flexibility index (Phi) is 7.42. The van der Waals surface area contributed by atoms with Gasteiger partial charge in [-0.25, -0.2) is 4.79 Å². The summed E-state index contributed by atoms with van der Waals surface area (Å²) in [6.45, 7) is -0.774. The SMILES string of the molecule is O=C(O)CN(C(=O)C#Cc1ccc2ccccc2c1)C(Cc1ccc(-c2ccccc2)cc1)C(=O)O. The second-order valence-electron chi connectivity index (χ2n) is 8.26. The Bertz CT molecular complexity index is 1470. The molecule has 2 N–H and O–H groups in total. The fourth-order valence-corrected chi connectivity index (χ4v) is 3.95. The number of benzene rings is 4. The van der Waals surface area contributed by atoms with Gasteiger partial charge in [-0.1, -0.05) is 90.8 Å². The molecule has 178 valence electrons. The van der Waals surface area contributed by atoms with Gasteiger partial charge in [-0.2, -0.15) is 0 Å². The lowest BCUT2D eigenvalue weighted by molar-refractivity contribution is -0.152. The maximum atomic E-state index is 12.9. The standard InChI is InChI=1S/C30H23NO5/c32-28(17-13-21-10-14-24-8-4-5-9-26(24)18-21)31(20-29(33)34)27(30(35)36)19-22-11-15-25(16-12-22)23-6-2-1-3-7-23/h1-12,14-16,18,27H,19-20H2,(H,33,34)(H,35,36). The van der Waals surface area contributed by atoms with E-state index in [4.69, 9.17) is 0 Å². The molecule has 4 rings (SSSR count). The number of fused-ring (bicyclic) bond motifs is 1. The van der Waals surface area contributed by atoms with Gasteiger partial charge in [0.2, 0.25) is 0 Å². The highest BCUT2D eigenvalue weighted by Gasteiger charge is 2.31. The second kappa shape index (κ2) is 11.0. The van der Waals surface area contributed by atoms with E-state index in [0.29, 0.717) is 11.1 Å². The van der Waals surface area contributed by atoms with Crippen LogP contribution in [0.15, 0.2) is 97.1 Å². The number of aliphatic carboxylic acids is 2. The summed E-state index contributed by atoms with van der Waals surface area (Å²) in [5.41, 5.74) is 3.21. The molecule has 0 bridgehead atoms. The number of carbonyl (C=O) groups is 3. The topological polar surface area (TPSA) is 94.9 Å². The smallest absolute Gasteiger partial charge is 0.326 e. The highest BCUT2D eigenvalue weighted by atomic mass is 16.4. The zero-order chi connectivity index (χ0) is 25.5. The highest BCUT2D eigenvalue weighted by molar-refractivity contribution is 5.98. The lowest BCUT2D eigenvalue weighted by Crippen LogP contribution is -2.48. The van der Waals surface area contributed by atoms with Crippen molar-refractivity contribution in [3.8, 4) is 23.0 Å². The molecule has 0 spiro atoms. The number of amides is 1. The molecule has 0 saturated carbocycles. The van der Waals surface area contributed by atoms with Crippen LogP contribution in [-0.2, 0) is 20.8 Å². The molecule has 36 heavy (non-hydrogen) atoms. The maximum absolute atomic E-state index is 12.9. The molecule has 6 nitrogen and oxygen atoms in total. The maximum Gasteiger partial charge on any atom is 0.326 e. The third-order valence-corrected chi connectivity index (χ3v) is 5.78. The molecule has 0 fully saturated rings. The fraction of sp³-hybridized carbons (Fsp3) is 0.100. The molecule has 1 unspecified atom stereocenters. The third-order valence-electron chi connectivity index (χ3n) is 5.78. The van der Waals surface area contributed by atoms with E-state index in [9.17, 15) is 24.6 Å². The molecule has 0 aliphatic heterocycles. The van der Waals surface area contributed by atoms with E-state index in [1.165, 1.54) is 0 Å². The van der Waals surface area contributed by atoms with E-state index in [-0.39, 0.29) is 6.42 Å². The highest BCUT2D eigenvalue weighted by Crippen LogP contribution is 2.21. The molecule has 4 aromatic carbocycles. The summed E-state index contributed by atoms with van der Waals surface area (Å²) in [7, 11) is 0. The fourth-order valence-electron chi connectivity index (χ4n) is 3.95. The van der Waals surface area contributed by atoms with Gasteiger partial charge in [-0.05, 0) is 39.6 Å². The van der Waals surface area contributed by atoms with Crippen LogP contribution in [0.25, 0.3) is 21.9 Å². The van der Waals surface area contributed by atoms with Gasteiger partial charge in [-0.3, -0.25) is 9.59 Å². The van der Waals surface area contributed by atoms with Gasteiger partial charge in [-0.15, -0.1) is 0 Å². The first kappa shape index (κ1) is 24.2. The average molecular weight is 478 g/mol. The Morgan fingerprint density at radius 3 is 2.06 bits per heavy atom. The molecule has 0 aliphatic carbocycles. The van der Waals surface area contributed by atoms with Crippen molar-refractivity contribution in [2.45, 2.75) is 12.5 Å². The molecular weight excluding hydrogens is 454 g/mol. The molecule has 0 heterocycles. The predicted octanol–water partition coefficient (Wildman–Crippen LogP) is 4.47. The summed E-state index contributed by atoms with van der Waals surface area (Å²) in [4.78, 5) is 37.3.